The van der Waals surface area contributed by atoms with E-state index in [9.17, 15) is 43.9 Å². The Hall–Kier alpha value is -1.46. The molecule has 0 amide bonds. The minimum absolute atomic E-state index is 0. The molecule has 0 saturated carbocycles. The van der Waals surface area contributed by atoms with Crippen molar-refractivity contribution >= 4 is 0 Å². The average molecular weight is 581 g/mol. The van der Waals surface area contributed by atoms with Gasteiger partial charge in [0, 0.05) is 14.2 Å². The Labute approximate surface area is 196 Å². The number of halogens is 10. The molecule has 0 fully saturated rings. The smallest absolute Gasteiger partial charge is 0.382 e. The number of ether oxygens (including phenoxy) is 3. The van der Waals surface area contributed by atoms with Gasteiger partial charge in [0.25, 0.3) is 0 Å². The monoisotopic (exact) mass is 582 g/mol. The van der Waals surface area contributed by atoms with Crippen LogP contribution in [0.15, 0.2) is 0 Å². The Morgan fingerprint density at radius 2 is 0.719 bits per heavy atom. The van der Waals surface area contributed by atoms with E-state index in [1.54, 1.807) is 14.2 Å². The maximum Gasteiger partial charge on any atom is 2.00 e. The van der Waals surface area contributed by atoms with E-state index >= 15 is 0 Å². The van der Waals surface area contributed by atoms with Gasteiger partial charge in [-0.15, -0.1) is 12.1 Å². The molecule has 2 rings (SSSR count). The van der Waals surface area contributed by atoms with Crippen LogP contribution in [0.1, 0.15) is 0 Å². The molecule has 0 radical (unpaired) electrons. The summed E-state index contributed by atoms with van der Waals surface area (Å²) in [6.45, 7) is 2.62. The van der Waals surface area contributed by atoms with Crippen LogP contribution in [0, 0.1) is 70.3 Å². The normalized spacial score (nSPS) is 9.88. The van der Waals surface area contributed by atoms with Crippen molar-refractivity contribution in [3.05, 3.63) is 70.3 Å². The number of benzene rings is 2. The van der Waals surface area contributed by atoms with E-state index in [4.69, 9.17) is 14.2 Å². The zero-order chi connectivity index (χ0) is 24.1. The van der Waals surface area contributed by atoms with Crippen molar-refractivity contribution in [3.63, 3.8) is 0 Å². The van der Waals surface area contributed by atoms with Crippen molar-refractivity contribution in [2.45, 2.75) is 0 Å². The molecule has 176 valence electrons. The standard InChI is InChI=1S/2C6F5.C6H14O3.Cd/c2*7-2-1-3(8)5(10)6(11)4(2)9;1-7-3-5-9-6-4-8-2;/h;;3-6H2,1-2H3;/q2*-1;;+2. The summed E-state index contributed by atoms with van der Waals surface area (Å²) in [6.07, 6.45) is 0. The molecule has 0 aliphatic carbocycles. The summed E-state index contributed by atoms with van der Waals surface area (Å²) in [6, 6.07) is 2.05. The molecule has 0 unspecified atom stereocenters. The van der Waals surface area contributed by atoms with Crippen molar-refractivity contribution in [1.29, 1.82) is 0 Å². The van der Waals surface area contributed by atoms with E-state index in [1.807, 2.05) is 0 Å². The van der Waals surface area contributed by atoms with Gasteiger partial charge in [0.05, 0.1) is 84.6 Å². The first-order valence-electron chi connectivity index (χ1n) is 7.86. The number of hydrogen-bond acceptors (Lipinski definition) is 3. The van der Waals surface area contributed by atoms with Crippen LogP contribution in [0.2, 0.25) is 0 Å². The Morgan fingerprint density at radius 1 is 0.469 bits per heavy atom. The second-order valence-electron chi connectivity index (χ2n) is 4.99. The van der Waals surface area contributed by atoms with Crippen molar-refractivity contribution in [2.75, 3.05) is 40.6 Å². The summed E-state index contributed by atoms with van der Waals surface area (Å²) in [5.41, 5.74) is 0. The second-order valence-corrected chi connectivity index (χ2v) is 4.99. The van der Waals surface area contributed by atoms with Gasteiger partial charge in [0.15, 0.2) is 0 Å². The van der Waals surface area contributed by atoms with Crippen LogP contribution in [0.25, 0.3) is 0 Å². The zero-order valence-electron chi connectivity index (χ0n) is 16.5. The van der Waals surface area contributed by atoms with Gasteiger partial charge in [-0.2, -0.15) is 0 Å². The largest absolute Gasteiger partial charge is 2.00 e. The van der Waals surface area contributed by atoms with E-state index in [2.05, 4.69) is 0 Å². The fraction of sp³-hybridized carbons (Fsp3) is 0.333. The molecular formula is C18H14CdF10O3. The van der Waals surface area contributed by atoms with Crippen LogP contribution in [-0.4, -0.2) is 40.6 Å². The van der Waals surface area contributed by atoms with Crippen LogP contribution in [-0.2, 0) is 41.5 Å². The van der Waals surface area contributed by atoms with Crippen LogP contribution < -0.4 is 0 Å². The van der Waals surface area contributed by atoms with E-state index in [0.29, 0.717) is 26.4 Å². The maximum absolute atomic E-state index is 12.0. The third kappa shape index (κ3) is 10.9. The summed E-state index contributed by atoms with van der Waals surface area (Å²) in [5, 5.41) is 0. The Kier molecular flexibility index (Phi) is 17.5. The summed E-state index contributed by atoms with van der Waals surface area (Å²) in [4.78, 5) is 0. The predicted molar refractivity (Wildman–Crippen MR) is 84.7 cm³/mol. The van der Waals surface area contributed by atoms with Crippen LogP contribution in [0.4, 0.5) is 43.9 Å². The van der Waals surface area contributed by atoms with Gasteiger partial charge in [-0.25, -0.2) is 26.3 Å². The first-order chi connectivity index (χ1) is 14.5. The molecule has 2 aromatic carbocycles. The zero-order valence-corrected chi connectivity index (χ0v) is 20.6. The van der Waals surface area contributed by atoms with Gasteiger partial charge in [-0.3, -0.25) is 17.6 Å². The Bertz CT molecular complexity index is 720. The van der Waals surface area contributed by atoms with E-state index in [-0.39, 0.29) is 27.3 Å². The fourth-order valence-corrected chi connectivity index (χ4v) is 1.38. The van der Waals surface area contributed by atoms with E-state index in [1.165, 1.54) is 0 Å². The number of rotatable bonds is 6. The molecule has 0 bridgehead atoms. The molecular weight excluding hydrogens is 567 g/mol. The molecule has 0 aromatic heterocycles. The molecule has 32 heavy (non-hydrogen) atoms. The number of hydrogen-bond donors (Lipinski definition) is 0. The van der Waals surface area contributed by atoms with Crippen molar-refractivity contribution < 1.29 is 85.4 Å². The topological polar surface area (TPSA) is 27.7 Å². The summed E-state index contributed by atoms with van der Waals surface area (Å²) >= 11 is 0. The van der Waals surface area contributed by atoms with Crippen molar-refractivity contribution in [1.82, 2.24) is 0 Å². The molecule has 0 saturated heterocycles. The minimum Gasteiger partial charge on any atom is -0.382 e. The van der Waals surface area contributed by atoms with Crippen LogP contribution >= 0.6 is 0 Å². The SMILES string of the molecule is COCCOCCOC.Fc1[c-]c(F)c(F)c(F)c1F.Fc1[c-]c(F)c(F)c(F)c1F.[Cd+2]. The van der Waals surface area contributed by atoms with Gasteiger partial charge in [0.2, 0.25) is 0 Å². The van der Waals surface area contributed by atoms with Gasteiger partial charge >= 0.3 is 27.3 Å². The Morgan fingerprint density at radius 3 is 0.938 bits per heavy atom. The molecule has 0 aliphatic rings. The molecule has 0 heterocycles. The minimum atomic E-state index is -2.17. The van der Waals surface area contributed by atoms with Gasteiger partial charge < -0.3 is 14.2 Å². The summed E-state index contributed by atoms with van der Waals surface area (Å²) in [7, 11) is 3.30. The second kappa shape index (κ2) is 17.1. The number of methoxy groups -OCH3 is 2. The fourth-order valence-electron chi connectivity index (χ4n) is 1.38. The molecule has 0 spiro atoms. The van der Waals surface area contributed by atoms with Crippen molar-refractivity contribution in [2.24, 2.45) is 0 Å². The van der Waals surface area contributed by atoms with E-state index in [0.717, 1.165) is 12.1 Å². The molecule has 2 aromatic rings. The molecule has 0 aliphatic heterocycles. The third-order valence-corrected chi connectivity index (χ3v) is 2.84. The van der Waals surface area contributed by atoms with Crippen molar-refractivity contribution in [3.8, 4) is 0 Å². The first-order valence-corrected chi connectivity index (χ1v) is 7.86. The first kappa shape index (κ1) is 32.7. The molecule has 3 nitrogen and oxygen atoms in total. The maximum atomic E-state index is 12.0. The van der Waals surface area contributed by atoms with Gasteiger partial charge in [0.1, 0.15) is 0 Å². The van der Waals surface area contributed by atoms with Gasteiger partial charge in [-0.1, -0.05) is 0 Å². The molecule has 14 heteroatoms. The molecule has 0 N–H and O–H groups in total. The predicted octanol–water partition coefficient (Wildman–Crippen LogP) is 4.66. The van der Waals surface area contributed by atoms with Crippen LogP contribution in [0.5, 0.6) is 0 Å². The summed E-state index contributed by atoms with van der Waals surface area (Å²) < 4.78 is 134. The van der Waals surface area contributed by atoms with E-state index < -0.39 is 58.2 Å². The average Bonchev–Trinajstić information content (AvgIpc) is 2.74. The molecule has 0 atom stereocenters. The van der Waals surface area contributed by atoms with Crippen LogP contribution in [0.3, 0.4) is 0 Å². The Balaban J connectivity index is 0. The quantitative estimate of drug-likeness (QED) is 0.124. The van der Waals surface area contributed by atoms with Gasteiger partial charge in [-0.05, 0) is 0 Å². The third-order valence-electron chi connectivity index (χ3n) is 2.84. The summed E-state index contributed by atoms with van der Waals surface area (Å²) in [5.74, 6) is -20.1.